The predicted molar refractivity (Wildman–Crippen MR) is 80.4 cm³/mol. The Morgan fingerprint density at radius 1 is 1.00 bits per heavy atom. The van der Waals surface area contributed by atoms with Crippen molar-refractivity contribution in [3.63, 3.8) is 0 Å². The van der Waals surface area contributed by atoms with Crippen LogP contribution in [0.15, 0.2) is 45.3 Å². The summed E-state index contributed by atoms with van der Waals surface area (Å²) in [5.41, 5.74) is 0.868. The molecular weight excluding hydrogens is 413 g/mol. The highest BCUT2D eigenvalue weighted by atomic mass is 79.9. The van der Waals surface area contributed by atoms with Gasteiger partial charge in [0.05, 0.1) is 5.56 Å². The highest BCUT2D eigenvalue weighted by Crippen LogP contribution is 2.41. The Balaban J connectivity index is 1.91. The molecule has 0 aliphatic carbocycles. The number of alkyl halides is 3. The van der Waals surface area contributed by atoms with E-state index < -0.39 is 11.7 Å². The average molecular weight is 422 g/mol. The molecule has 0 spiro atoms. The standard InChI is InChI=1S/C15H9Br2F3O/c16-11-4-9(5-12(17)7-11)14-6-8-3-10(15(18,19)20)1-2-13(8)21-14/h1-5,7,14H,6H2. The molecule has 0 bridgehead atoms. The molecule has 1 unspecified atom stereocenters. The Bertz CT molecular complexity index is 678. The molecule has 3 rings (SSSR count). The van der Waals surface area contributed by atoms with Crippen LogP contribution < -0.4 is 4.74 Å². The summed E-state index contributed by atoms with van der Waals surface area (Å²) < 4.78 is 45.7. The fourth-order valence-electron chi connectivity index (χ4n) is 2.37. The normalized spacial score (nSPS) is 17.5. The maximum absolute atomic E-state index is 12.7. The number of fused-ring (bicyclic) bond motifs is 1. The molecule has 0 amide bonds. The monoisotopic (exact) mass is 420 g/mol. The van der Waals surface area contributed by atoms with Crippen molar-refractivity contribution in [1.82, 2.24) is 0 Å². The zero-order valence-corrected chi connectivity index (χ0v) is 13.7. The molecule has 1 heterocycles. The Morgan fingerprint density at radius 3 is 2.29 bits per heavy atom. The van der Waals surface area contributed by atoms with E-state index in [4.69, 9.17) is 4.74 Å². The highest BCUT2D eigenvalue weighted by Gasteiger charge is 2.33. The number of halogens is 5. The highest BCUT2D eigenvalue weighted by molar-refractivity contribution is 9.11. The third-order valence-corrected chi connectivity index (χ3v) is 4.23. The maximum atomic E-state index is 12.7. The summed E-state index contributed by atoms with van der Waals surface area (Å²) >= 11 is 6.80. The first-order valence-electron chi connectivity index (χ1n) is 6.16. The Labute approximate surface area is 136 Å². The summed E-state index contributed by atoms with van der Waals surface area (Å²) in [6, 6.07) is 9.33. The van der Waals surface area contributed by atoms with Gasteiger partial charge < -0.3 is 4.74 Å². The van der Waals surface area contributed by atoms with Gasteiger partial charge in [-0.3, -0.25) is 0 Å². The number of rotatable bonds is 1. The van der Waals surface area contributed by atoms with E-state index in [-0.39, 0.29) is 6.10 Å². The van der Waals surface area contributed by atoms with Crippen molar-refractivity contribution < 1.29 is 17.9 Å². The lowest BCUT2D eigenvalue weighted by atomic mass is 10.0. The van der Waals surface area contributed by atoms with Gasteiger partial charge in [-0.2, -0.15) is 13.2 Å². The van der Waals surface area contributed by atoms with Crippen molar-refractivity contribution in [3.8, 4) is 5.75 Å². The van der Waals surface area contributed by atoms with Gasteiger partial charge in [-0.15, -0.1) is 0 Å². The molecule has 1 aliphatic rings. The first-order valence-corrected chi connectivity index (χ1v) is 7.74. The van der Waals surface area contributed by atoms with Gasteiger partial charge in [0, 0.05) is 15.4 Å². The summed E-state index contributed by atoms with van der Waals surface area (Å²) in [6.45, 7) is 0. The molecule has 21 heavy (non-hydrogen) atoms. The zero-order chi connectivity index (χ0) is 15.2. The number of hydrogen-bond acceptors (Lipinski definition) is 1. The van der Waals surface area contributed by atoms with E-state index >= 15 is 0 Å². The van der Waals surface area contributed by atoms with Crippen molar-refractivity contribution in [2.45, 2.75) is 18.7 Å². The third kappa shape index (κ3) is 3.11. The molecule has 0 aromatic heterocycles. The topological polar surface area (TPSA) is 9.23 Å². The van der Waals surface area contributed by atoms with Crippen molar-refractivity contribution in [2.75, 3.05) is 0 Å². The lowest BCUT2D eigenvalue weighted by Gasteiger charge is -2.12. The minimum atomic E-state index is -4.33. The second-order valence-corrected chi connectivity index (χ2v) is 6.67. The van der Waals surface area contributed by atoms with Gasteiger partial charge in [0.2, 0.25) is 0 Å². The Morgan fingerprint density at radius 2 is 1.67 bits per heavy atom. The fourth-order valence-corrected chi connectivity index (χ4v) is 3.70. The van der Waals surface area contributed by atoms with Crippen LogP contribution in [0.1, 0.15) is 22.8 Å². The molecule has 0 saturated heterocycles. The largest absolute Gasteiger partial charge is 0.485 e. The average Bonchev–Trinajstić information content (AvgIpc) is 2.79. The van der Waals surface area contributed by atoms with Crippen LogP contribution in [0.25, 0.3) is 0 Å². The Kier molecular flexibility index (Phi) is 3.78. The first kappa shape index (κ1) is 14.9. The Hall–Kier alpha value is -1.01. The van der Waals surface area contributed by atoms with Crippen LogP contribution in [0.4, 0.5) is 13.2 Å². The molecule has 110 valence electrons. The van der Waals surface area contributed by atoms with Gasteiger partial charge in [-0.05, 0) is 47.5 Å². The predicted octanol–water partition coefficient (Wildman–Crippen LogP) is 5.91. The van der Waals surface area contributed by atoms with E-state index in [1.54, 1.807) is 0 Å². The third-order valence-electron chi connectivity index (χ3n) is 3.32. The fraction of sp³-hybridized carbons (Fsp3) is 0.200. The van der Waals surface area contributed by atoms with Crippen LogP contribution in [0.5, 0.6) is 5.75 Å². The lowest BCUT2D eigenvalue weighted by molar-refractivity contribution is -0.137. The van der Waals surface area contributed by atoms with Crippen LogP contribution in [0.2, 0.25) is 0 Å². The summed E-state index contributed by atoms with van der Waals surface area (Å²) in [6.07, 6.45) is -4.16. The molecule has 0 saturated carbocycles. The SMILES string of the molecule is FC(F)(F)c1ccc2c(c1)CC(c1cc(Br)cc(Br)c1)O2. The van der Waals surface area contributed by atoms with Crippen LogP contribution in [-0.2, 0) is 12.6 Å². The zero-order valence-electron chi connectivity index (χ0n) is 10.5. The first-order chi connectivity index (χ1) is 9.83. The second-order valence-electron chi connectivity index (χ2n) is 4.83. The van der Waals surface area contributed by atoms with Crippen molar-refractivity contribution in [2.24, 2.45) is 0 Å². The molecular formula is C15H9Br2F3O. The molecule has 2 aromatic rings. The van der Waals surface area contributed by atoms with Crippen molar-refractivity contribution >= 4 is 31.9 Å². The quantitative estimate of drug-likeness (QED) is 0.556. The molecule has 2 aromatic carbocycles. The van der Waals surface area contributed by atoms with E-state index in [2.05, 4.69) is 31.9 Å². The van der Waals surface area contributed by atoms with E-state index in [1.165, 1.54) is 12.1 Å². The van der Waals surface area contributed by atoms with E-state index in [1.807, 2.05) is 18.2 Å². The molecule has 6 heteroatoms. The van der Waals surface area contributed by atoms with Crippen molar-refractivity contribution in [3.05, 3.63) is 62.0 Å². The van der Waals surface area contributed by atoms with Gasteiger partial charge in [-0.25, -0.2) is 0 Å². The molecule has 1 atom stereocenters. The van der Waals surface area contributed by atoms with Gasteiger partial charge in [0.1, 0.15) is 11.9 Å². The second kappa shape index (κ2) is 5.32. The van der Waals surface area contributed by atoms with Gasteiger partial charge in [-0.1, -0.05) is 31.9 Å². The molecule has 0 N–H and O–H groups in total. The number of benzene rings is 2. The van der Waals surface area contributed by atoms with E-state index in [0.717, 1.165) is 20.6 Å². The van der Waals surface area contributed by atoms with Gasteiger partial charge in [0.25, 0.3) is 0 Å². The van der Waals surface area contributed by atoms with Crippen LogP contribution in [-0.4, -0.2) is 0 Å². The van der Waals surface area contributed by atoms with Crippen LogP contribution in [0, 0.1) is 0 Å². The molecule has 0 radical (unpaired) electrons. The smallest absolute Gasteiger partial charge is 0.416 e. The lowest BCUT2D eigenvalue weighted by Crippen LogP contribution is -2.04. The summed E-state index contributed by atoms with van der Waals surface area (Å²) in [5.74, 6) is 0.518. The van der Waals surface area contributed by atoms with E-state index in [9.17, 15) is 13.2 Å². The minimum Gasteiger partial charge on any atom is -0.485 e. The van der Waals surface area contributed by atoms with E-state index in [0.29, 0.717) is 17.7 Å². The van der Waals surface area contributed by atoms with Crippen molar-refractivity contribution in [1.29, 1.82) is 0 Å². The summed E-state index contributed by atoms with van der Waals surface area (Å²) in [7, 11) is 0. The number of ether oxygens (including phenoxy) is 1. The van der Waals surface area contributed by atoms with Gasteiger partial charge in [0.15, 0.2) is 0 Å². The molecule has 1 nitrogen and oxygen atoms in total. The van der Waals surface area contributed by atoms with Crippen LogP contribution in [0.3, 0.4) is 0 Å². The molecule has 0 fully saturated rings. The maximum Gasteiger partial charge on any atom is 0.416 e. The number of hydrogen-bond donors (Lipinski definition) is 0. The van der Waals surface area contributed by atoms with Gasteiger partial charge >= 0.3 is 6.18 Å². The summed E-state index contributed by atoms with van der Waals surface area (Å²) in [4.78, 5) is 0. The minimum absolute atomic E-state index is 0.266. The van der Waals surface area contributed by atoms with Crippen LogP contribution >= 0.6 is 31.9 Å². The molecule has 1 aliphatic heterocycles. The summed E-state index contributed by atoms with van der Waals surface area (Å²) in [5, 5.41) is 0.